The highest BCUT2D eigenvalue weighted by Gasteiger charge is 2.05. The van der Waals surface area contributed by atoms with Crippen LogP contribution < -0.4 is 10.6 Å². The Kier molecular flexibility index (Phi) is 4.37. The molecule has 2 aromatic rings. The van der Waals surface area contributed by atoms with E-state index < -0.39 is 17.7 Å². The molecule has 0 aromatic heterocycles. The van der Waals surface area contributed by atoms with E-state index in [2.05, 4.69) is 10.6 Å². The van der Waals surface area contributed by atoms with Crippen molar-refractivity contribution in [2.45, 2.75) is 13.5 Å². The van der Waals surface area contributed by atoms with Gasteiger partial charge in [-0.3, -0.25) is 5.32 Å². The topological polar surface area (TPSA) is 61.4 Å². The summed E-state index contributed by atoms with van der Waals surface area (Å²) in [5.74, 6) is -1.79. The quantitative estimate of drug-likeness (QED) is 0.799. The molecule has 0 aliphatic rings. The van der Waals surface area contributed by atoms with Crippen LogP contribution in [0.15, 0.2) is 36.4 Å². The van der Waals surface area contributed by atoms with Gasteiger partial charge in [-0.25, -0.2) is 13.6 Å². The molecule has 0 saturated carbocycles. The van der Waals surface area contributed by atoms with Crippen LogP contribution in [-0.2, 0) is 6.54 Å². The monoisotopic (exact) mass is 292 g/mol. The van der Waals surface area contributed by atoms with Gasteiger partial charge in [0.15, 0.2) is 11.6 Å². The molecule has 2 rings (SSSR count). The number of hydrogen-bond donors (Lipinski definition) is 3. The summed E-state index contributed by atoms with van der Waals surface area (Å²) in [6.07, 6.45) is -1.12. The Morgan fingerprint density at radius 1 is 1.14 bits per heavy atom. The van der Waals surface area contributed by atoms with E-state index in [1.807, 2.05) is 6.07 Å². The second-order valence-electron chi connectivity index (χ2n) is 4.56. The van der Waals surface area contributed by atoms with E-state index >= 15 is 0 Å². The van der Waals surface area contributed by atoms with Crippen LogP contribution in [0.25, 0.3) is 0 Å². The number of rotatable bonds is 4. The van der Waals surface area contributed by atoms with Gasteiger partial charge in [0.1, 0.15) is 0 Å². The molecule has 110 valence electrons. The van der Waals surface area contributed by atoms with E-state index in [1.165, 1.54) is 6.07 Å². The number of anilines is 2. The highest BCUT2D eigenvalue weighted by atomic mass is 19.2. The van der Waals surface area contributed by atoms with Crippen LogP contribution in [0, 0.1) is 18.6 Å². The molecule has 0 fully saturated rings. The largest absolute Gasteiger partial charge is 0.465 e. The molecule has 0 aliphatic heterocycles. The van der Waals surface area contributed by atoms with E-state index in [4.69, 9.17) is 5.11 Å². The molecule has 6 heteroatoms. The van der Waals surface area contributed by atoms with Crippen molar-refractivity contribution in [2.24, 2.45) is 0 Å². The molecule has 0 saturated heterocycles. The van der Waals surface area contributed by atoms with Gasteiger partial charge in [0.05, 0.1) is 0 Å². The summed E-state index contributed by atoms with van der Waals surface area (Å²) in [5, 5.41) is 13.9. The van der Waals surface area contributed by atoms with Crippen LogP contribution in [0.2, 0.25) is 0 Å². The van der Waals surface area contributed by atoms with Crippen LogP contribution in [-0.4, -0.2) is 11.2 Å². The number of carbonyl (C=O) groups is 1. The van der Waals surface area contributed by atoms with Crippen LogP contribution in [0.1, 0.15) is 11.1 Å². The lowest BCUT2D eigenvalue weighted by molar-refractivity contribution is 0.209. The minimum absolute atomic E-state index is 0.416. The molecule has 0 spiro atoms. The lowest BCUT2D eigenvalue weighted by Gasteiger charge is -2.10. The van der Waals surface area contributed by atoms with E-state index in [-0.39, 0.29) is 0 Å². The second-order valence-corrected chi connectivity index (χ2v) is 4.56. The molecule has 0 bridgehead atoms. The normalized spacial score (nSPS) is 10.2. The maximum Gasteiger partial charge on any atom is 0.409 e. The molecule has 0 radical (unpaired) electrons. The summed E-state index contributed by atoms with van der Waals surface area (Å²) in [7, 11) is 0. The summed E-state index contributed by atoms with van der Waals surface area (Å²) < 4.78 is 25.9. The van der Waals surface area contributed by atoms with Gasteiger partial charge >= 0.3 is 6.09 Å². The summed E-state index contributed by atoms with van der Waals surface area (Å²) in [6.45, 7) is 2.20. The van der Waals surface area contributed by atoms with E-state index in [9.17, 15) is 13.6 Å². The maximum absolute atomic E-state index is 13.1. The first kappa shape index (κ1) is 14.8. The van der Waals surface area contributed by atoms with Gasteiger partial charge < -0.3 is 10.4 Å². The third-order valence-electron chi connectivity index (χ3n) is 2.95. The fourth-order valence-corrected chi connectivity index (χ4v) is 1.90. The van der Waals surface area contributed by atoms with Crippen LogP contribution in [0.5, 0.6) is 0 Å². The number of nitrogens with one attached hydrogen (secondary N) is 2. The molecule has 21 heavy (non-hydrogen) atoms. The Labute approximate surface area is 120 Å². The first-order valence-electron chi connectivity index (χ1n) is 6.24. The smallest absolute Gasteiger partial charge is 0.409 e. The number of carboxylic acid groups (broad SMARTS) is 1. The molecule has 0 aliphatic carbocycles. The molecular weight excluding hydrogens is 278 g/mol. The van der Waals surface area contributed by atoms with Crippen molar-refractivity contribution in [3.05, 3.63) is 59.2 Å². The lowest BCUT2D eigenvalue weighted by Crippen LogP contribution is -2.09. The van der Waals surface area contributed by atoms with Gasteiger partial charge in [-0.15, -0.1) is 0 Å². The first-order valence-corrected chi connectivity index (χ1v) is 6.24. The number of amides is 1. The standard InChI is InChI=1S/C15H14F2N2O2/c1-9-6-10(2-5-14(9)19-15(20)21)8-18-11-3-4-12(16)13(17)7-11/h2-7,18-19H,8H2,1H3,(H,20,21). The maximum atomic E-state index is 13.1. The number of benzene rings is 2. The van der Waals surface area contributed by atoms with Crippen molar-refractivity contribution in [2.75, 3.05) is 10.6 Å². The van der Waals surface area contributed by atoms with Crippen LogP contribution >= 0.6 is 0 Å². The lowest BCUT2D eigenvalue weighted by atomic mass is 10.1. The molecule has 3 N–H and O–H groups in total. The van der Waals surface area contributed by atoms with Crippen molar-refractivity contribution in [1.29, 1.82) is 0 Å². The fraction of sp³-hybridized carbons (Fsp3) is 0.133. The Bertz CT molecular complexity index is 675. The summed E-state index contributed by atoms with van der Waals surface area (Å²) >= 11 is 0. The second kappa shape index (κ2) is 6.21. The highest BCUT2D eigenvalue weighted by Crippen LogP contribution is 2.18. The summed E-state index contributed by atoms with van der Waals surface area (Å²) in [6, 6.07) is 8.83. The molecule has 2 aromatic carbocycles. The van der Waals surface area contributed by atoms with Crippen molar-refractivity contribution < 1.29 is 18.7 Å². The summed E-state index contributed by atoms with van der Waals surface area (Å²) in [4.78, 5) is 10.6. The molecule has 0 atom stereocenters. The van der Waals surface area contributed by atoms with Gasteiger partial charge in [0.2, 0.25) is 0 Å². The fourth-order valence-electron chi connectivity index (χ4n) is 1.90. The van der Waals surface area contributed by atoms with Gasteiger partial charge in [-0.2, -0.15) is 0 Å². The van der Waals surface area contributed by atoms with E-state index in [0.717, 1.165) is 23.3 Å². The molecule has 4 nitrogen and oxygen atoms in total. The van der Waals surface area contributed by atoms with Gasteiger partial charge in [0.25, 0.3) is 0 Å². The van der Waals surface area contributed by atoms with Gasteiger partial charge in [0, 0.05) is 24.0 Å². The van der Waals surface area contributed by atoms with E-state index in [0.29, 0.717) is 17.9 Å². The Morgan fingerprint density at radius 3 is 2.52 bits per heavy atom. The zero-order valence-electron chi connectivity index (χ0n) is 11.3. The zero-order chi connectivity index (χ0) is 15.4. The average Bonchev–Trinajstić information content (AvgIpc) is 2.42. The van der Waals surface area contributed by atoms with Crippen molar-refractivity contribution in [3.8, 4) is 0 Å². The van der Waals surface area contributed by atoms with Crippen molar-refractivity contribution in [1.82, 2.24) is 0 Å². The minimum Gasteiger partial charge on any atom is -0.465 e. The third-order valence-corrected chi connectivity index (χ3v) is 2.95. The predicted molar refractivity (Wildman–Crippen MR) is 76.5 cm³/mol. The first-order chi connectivity index (χ1) is 9.95. The average molecular weight is 292 g/mol. The molecule has 1 amide bonds. The SMILES string of the molecule is Cc1cc(CNc2ccc(F)c(F)c2)ccc1NC(=O)O. The van der Waals surface area contributed by atoms with Gasteiger partial charge in [-0.05, 0) is 36.2 Å². The number of halogens is 2. The minimum atomic E-state index is -1.12. The van der Waals surface area contributed by atoms with Crippen LogP contribution in [0.4, 0.5) is 25.0 Å². The summed E-state index contributed by atoms with van der Waals surface area (Å²) in [5.41, 5.74) is 2.66. The predicted octanol–water partition coefficient (Wildman–Crippen LogP) is 3.98. The zero-order valence-corrected chi connectivity index (χ0v) is 11.3. The Morgan fingerprint density at radius 2 is 1.90 bits per heavy atom. The van der Waals surface area contributed by atoms with Crippen molar-refractivity contribution >= 4 is 17.5 Å². The molecular formula is C15H14F2N2O2. The van der Waals surface area contributed by atoms with Gasteiger partial charge in [-0.1, -0.05) is 12.1 Å². The highest BCUT2D eigenvalue weighted by molar-refractivity contribution is 5.84. The third kappa shape index (κ3) is 3.92. The Balaban J connectivity index is 2.04. The molecule has 0 unspecified atom stereocenters. The van der Waals surface area contributed by atoms with Crippen molar-refractivity contribution in [3.63, 3.8) is 0 Å². The number of aryl methyl sites for hydroxylation is 1. The van der Waals surface area contributed by atoms with E-state index in [1.54, 1.807) is 19.1 Å². The number of hydrogen-bond acceptors (Lipinski definition) is 2. The Hall–Kier alpha value is -2.63. The molecule has 0 heterocycles. The van der Waals surface area contributed by atoms with Crippen LogP contribution in [0.3, 0.4) is 0 Å².